The summed E-state index contributed by atoms with van der Waals surface area (Å²) in [5.41, 5.74) is 0.897. The van der Waals surface area contributed by atoms with E-state index in [0.29, 0.717) is 0 Å². The van der Waals surface area contributed by atoms with Gasteiger partial charge in [-0.25, -0.2) is 18.4 Å². The molecule has 0 aliphatic heterocycles. The van der Waals surface area contributed by atoms with Crippen LogP contribution in [0.4, 0.5) is 5.82 Å². The number of benzene rings is 1. The summed E-state index contributed by atoms with van der Waals surface area (Å²) in [5.74, 6) is 0.255. The topological polar surface area (TPSA) is 101 Å². The molecule has 7 nitrogen and oxygen atoms in total. The summed E-state index contributed by atoms with van der Waals surface area (Å²) < 4.78 is 33.4. The van der Waals surface area contributed by atoms with Crippen LogP contribution in [-0.4, -0.2) is 36.7 Å². The van der Waals surface area contributed by atoms with Gasteiger partial charge in [-0.1, -0.05) is 42.8 Å². The summed E-state index contributed by atoms with van der Waals surface area (Å²) in [7, 11) is -3.81. The Kier molecular flexibility index (Phi) is 6.02. The van der Waals surface area contributed by atoms with E-state index < -0.39 is 10.0 Å². The van der Waals surface area contributed by atoms with Crippen molar-refractivity contribution in [1.29, 1.82) is 0 Å². The number of nitrogens with one attached hydrogen (secondary N) is 1. The Bertz CT molecular complexity index is 851. The highest BCUT2D eigenvalue weighted by Crippen LogP contribution is 2.31. The van der Waals surface area contributed by atoms with Crippen LogP contribution in [0.25, 0.3) is 0 Å². The van der Waals surface area contributed by atoms with Gasteiger partial charge in [0.05, 0.1) is 11.5 Å². The Balaban J connectivity index is 2.26. The van der Waals surface area contributed by atoms with E-state index in [4.69, 9.17) is 9.84 Å². The van der Waals surface area contributed by atoms with Gasteiger partial charge in [-0.3, -0.25) is 4.72 Å². The molecule has 2 N–H and O–H groups in total. The van der Waals surface area contributed by atoms with Crippen LogP contribution in [0.1, 0.15) is 26.3 Å². The lowest BCUT2D eigenvalue weighted by Crippen LogP contribution is -2.16. The lowest BCUT2D eigenvalue weighted by molar-refractivity contribution is 0.196. The Morgan fingerprint density at radius 1 is 1.24 bits per heavy atom. The van der Waals surface area contributed by atoms with Crippen molar-refractivity contribution >= 4 is 31.8 Å². The summed E-state index contributed by atoms with van der Waals surface area (Å²) in [4.78, 5) is 7.84. The molecule has 0 fully saturated rings. The van der Waals surface area contributed by atoms with E-state index in [9.17, 15) is 8.42 Å². The lowest BCUT2D eigenvalue weighted by atomic mass is 9.87. The van der Waals surface area contributed by atoms with E-state index in [1.165, 1.54) is 12.4 Å². The molecule has 0 aliphatic carbocycles. The van der Waals surface area contributed by atoms with E-state index in [1.807, 2.05) is 20.8 Å². The molecule has 2 aromatic rings. The molecule has 25 heavy (non-hydrogen) atoms. The average molecular weight is 430 g/mol. The minimum atomic E-state index is -3.81. The second-order valence-corrected chi connectivity index (χ2v) is 8.85. The second kappa shape index (κ2) is 7.67. The van der Waals surface area contributed by atoms with Gasteiger partial charge in [0.15, 0.2) is 0 Å². The summed E-state index contributed by atoms with van der Waals surface area (Å²) >= 11 is 3.44. The van der Waals surface area contributed by atoms with Crippen molar-refractivity contribution in [3.8, 4) is 5.88 Å². The van der Waals surface area contributed by atoms with Gasteiger partial charge in [-0.05, 0) is 23.1 Å². The highest BCUT2D eigenvalue weighted by Gasteiger charge is 2.21. The highest BCUT2D eigenvalue weighted by molar-refractivity contribution is 9.10. The Morgan fingerprint density at radius 2 is 1.96 bits per heavy atom. The number of rotatable bonds is 6. The molecule has 1 aromatic carbocycles. The molecular weight excluding hydrogens is 410 g/mol. The number of anilines is 1. The van der Waals surface area contributed by atoms with E-state index >= 15 is 0 Å². The fraction of sp³-hybridized carbons (Fsp3) is 0.375. The van der Waals surface area contributed by atoms with Crippen LogP contribution < -0.4 is 9.46 Å². The molecule has 0 radical (unpaired) electrons. The number of aliphatic hydroxyl groups excluding tert-OH is 1. The first kappa shape index (κ1) is 19.6. The molecule has 0 amide bonds. The number of ether oxygens (including phenoxy) is 1. The molecule has 0 unspecified atom stereocenters. The maximum Gasteiger partial charge on any atom is 0.263 e. The lowest BCUT2D eigenvalue weighted by Gasteiger charge is -2.21. The van der Waals surface area contributed by atoms with E-state index in [1.54, 1.807) is 18.2 Å². The van der Waals surface area contributed by atoms with Crippen LogP contribution in [-0.2, 0) is 15.4 Å². The molecule has 136 valence electrons. The van der Waals surface area contributed by atoms with Gasteiger partial charge in [0.25, 0.3) is 10.0 Å². The zero-order chi connectivity index (χ0) is 18.7. The van der Waals surface area contributed by atoms with Gasteiger partial charge in [0, 0.05) is 10.5 Å². The van der Waals surface area contributed by atoms with Crippen LogP contribution in [0.5, 0.6) is 5.88 Å². The molecule has 1 aromatic heterocycles. The predicted octanol–water partition coefficient (Wildman–Crippen LogP) is 2.71. The fourth-order valence-electron chi connectivity index (χ4n) is 2.09. The molecule has 0 saturated heterocycles. The third-order valence-corrected chi connectivity index (χ3v) is 5.29. The smallest absolute Gasteiger partial charge is 0.263 e. The molecule has 0 saturated carbocycles. The molecular formula is C16H20BrN3O4S. The Morgan fingerprint density at radius 3 is 2.56 bits per heavy atom. The summed E-state index contributed by atoms with van der Waals surface area (Å²) in [6.45, 7) is 6.04. The van der Waals surface area contributed by atoms with Gasteiger partial charge >= 0.3 is 0 Å². The van der Waals surface area contributed by atoms with Crippen molar-refractivity contribution < 1.29 is 18.3 Å². The number of aromatic nitrogens is 2. The van der Waals surface area contributed by atoms with Crippen molar-refractivity contribution in [2.75, 3.05) is 17.9 Å². The standard InChI is InChI=1S/C16H20BrN3O4S/c1-16(2,3)12-5-4-11(8-13(12)17)25(22,23)20-14-9-15(19-10-18-14)24-7-6-21/h4-5,8-10,21H,6-7H2,1-3H3,(H,18,19,20). The molecule has 1 heterocycles. The second-order valence-electron chi connectivity index (χ2n) is 6.31. The maximum absolute atomic E-state index is 12.6. The van der Waals surface area contributed by atoms with Gasteiger partial charge in [-0.2, -0.15) is 0 Å². The molecule has 2 rings (SSSR count). The Hall–Kier alpha value is -1.71. The van der Waals surface area contributed by atoms with Crippen molar-refractivity contribution in [2.24, 2.45) is 0 Å². The number of halogens is 1. The van der Waals surface area contributed by atoms with E-state index in [0.717, 1.165) is 10.0 Å². The minimum absolute atomic E-state index is 0.0599. The fourth-order valence-corrected chi connectivity index (χ4v) is 4.24. The number of hydrogen-bond acceptors (Lipinski definition) is 6. The molecule has 0 spiro atoms. The monoisotopic (exact) mass is 429 g/mol. The van der Waals surface area contributed by atoms with Gasteiger partial charge in [0.2, 0.25) is 5.88 Å². The zero-order valence-corrected chi connectivity index (χ0v) is 16.6. The molecule has 0 atom stereocenters. The van der Waals surface area contributed by atoms with Gasteiger partial charge < -0.3 is 9.84 Å². The van der Waals surface area contributed by atoms with Crippen LogP contribution in [0.3, 0.4) is 0 Å². The predicted molar refractivity (Wildman–Crippen MR) is 98.3 cm³/mol. The third kappa shape index (κ3) is 5.13. The third-order valence-electron chi connectivity index (χ3n) is 3.28. The quantitative estimate of drug-likeness (QED) is 0.731. The zero-order valence-electron chi connectivity index (χ0n) is 14.2. The minimum Gasteiger partial charge on any atom is -0.475 e. The number of aliphatic hydroxyl groups is 1. The van der Waals surface area contributed by atoms with Crippen molar-refractivity contribution in [1.82, 2.24) is 9.97 Å². The van der Waals surface area contributed by atoms with Crippen LogP contribution >= 0.6 is 15.9 Å². The largest absolute Gasteiger partial charge is 0.475 e. The summed E-state index contributed by atoms with van der Waals surface area (Å²) in [6, 6.07) is 6.26. The number of sulfonamides is 1. The van der Waals surface area contributed by atoms with E-state index in [2.05, 4.69) is 30.6 Å². The van der Waals surface area contributed by atoms with Crippen LogP contribution in [0, 0.1) is 0 Å². The van der Waals surface area contributed by atoms with Crippen molar-refractivity contribution in [3.05, 3.63) is 40.6 Å². The number of nitrogens with zero attached hydrogens (tertiary/aromatic N) is 2. The number of hydrogen-bond donors (Lipinski definition) is 2. The van der Waals surface area contributed by atoms with Crippen molar-refractivity contribution in [2.45, 2.75) is 31.1 Å². The first-order valence-corrected chi connectivity index (χ1v) is 9.79. The highest BCUT2D eigenvalue weighted by atomic mass is 79.9. The van der Waals surface area contributed by atoms with Crippen LogP contribution in [0.15, 0.2) is 40.0 Å². The van der Waals surface area contributed by atoms with Gasteiger partial charge in [0.1, 0.15) is 18.8 Å². The normalized spacial score (nSPS) is 12.0. The summed E-state index contributed by atoms with van der Waals surface area (Å²) in [6.07, 6.45) is 1.18. The van der Waals surface area contributed by atoms with Gasteiger partial charge in [-0.15, -0.1) is 0 Å². The molecule has 9 heteroatoms. The first-order valence-electron chi connectivity index (χ1n) is 7.52. The summed E-state index contributed by atoms with van der Waals surface area (Å²) in [5, 5.41) is 8.75. The average Bonchev–Trinajstić information content (AvgIpc) is 2.51. The van der Waals surface area contributed by atoms with Crippen LogP contribution in [0.2, 0.25) is 0 Å². The Labute approximate surface area is 155 Å². The maximum atomic E-state index is 12.6. The van der Waals surface area contributed by atoms with Crippen molar-refractivity contribution in [3.63, 3.8) is 0 Å². The first-order chi connectivity index (χ1) is 11.6. The van der Waals surface area contributed by atoms with E-state index in [-0.39, 0.29) is 35.2 Å². The molecule has 0 bridgehead atoms. The molecule has 0 aliphatic rings. The SMILES string of the molecule is CC(C)(C)c1ccc(S(=O)(=O)Nc2cc(OCCO)ncn2)cc1Br.